The van der Waals surface area contributed by atoms with Gasteiger partial charge >= 0.3 is 0 Å². The highest BCUT2D eigenvalue weighted by Crippen LogP contribution is 2.41. The van der Waals surface area contributed by atoms with Crippen molar-refractivity contribution in [1.82, 2.24) is 24.1 Å². The molecule has 8 aromatic carbocycles. The normalized spacial score (nSPS) is 11.9. The molecule has 0 N–H and O–H groups in total. The van der Waals surface area contributed by atoms with Gasteiger partial charge in [-0.15, -0.1) is 0 Å². The SMILES string of the molecule is c1ccc(-c2cc(-c3nc(-c4cccc(-n5c6ccccc6c6ccccc65)c4)nc(-n4c5ccccc5c5ccccc54)n3)cc3oc4ccccc4c23)cc1. The number of hydrogen-bond donors (Lipinski definition) is 0. The fourth-order valence-corrected chi connectivity index (χ4v) is 8.67. The third kappa shape index (κ3) is 4.87. The van der Waals surface area contributed by atoms with E-state index in [-0.39, 0.29) is 0 Å². The summed E-state index contributed by atoms with van der Waals surface area (Å²) in [4.78, 5) is 15.9. The molecule has 0 bridgehead atoms. The number of hydrogen-bond acceptors (Lipinski definition) is 4. The van der Waals surface area contributed by atoms with Crippen LogP contribution in [0.4, 0.5) is 0 Å². The van der Waals surface area contributed by atoms with Gasteiger partial charge in [-0.05, 0) is 65.7 Å². The van der Waals surface area contributed by atoms with Crippen LogP contribution in [-0.4, -0.2) is 24.1 Å². The van der Waals surface area contributed by atoms with Crippen molar-refractivity contribution in [2.75, 3.05) is 0 Å². The lowest BCUT2D eigenvalue weighted by Crippen LogP contribution is -2.06. The summed E-state index contributed by atoms with van der Waals surface area (Å²) < 4.78 is 11.0. The van der Waals surface area contributed by atoms with Crippen LogP contribution >= 0.6 is 0 Å². The van der Waals surface area contributed by atoms with E-state index in [2.05, 4.69) is 179 Å². The van der Waals surface area contributed by atoms with E-state index in [1.807, 2.05) is 18.2 Å². The second-order valence-corrected chi connectivity index (χ2v) is 14.4. The Hall–Kier alpha value is -7.83. The topological polar surface area (TPSA) is 61.7 Å². The van der Waals surface area contributed by atoms with Crippen molar-refractivity contribution in [3.05, 3.63) is 188 Å². The highest BCUT2D eigenvalue weighted by molar-refractivity contribution is 6.14. The van der Waals surface area contributed by atoms with Crippen molar-refractivity contribution in [3.8, 4) is 45.5 Å². The molecule has 0 radical (unpaired) electrons. The zero-order chi connectivity index (χ0) is 37.5. The molecule has 0 spiro atoms. The smallest absolute Gasteiger partial charge is 0.238 e. The highest BCUT2D eigenvalue weighted by Gasteiger charge is 2.21. The molecule has 0 atom stereocenters. The van der Waals surface area contributed by atoms with E-state index < -0.39 is 0 Å². The molecule has 0 saturated carbocycles. The third-order valence-corrected chi connectivity index (χ3v) is 11.2. The number of nitrogens with zero attached hydrogens (tertiary/aromatic N) is 5. The Kier molecular flexibility index (Phi) is 6.83. The van der Waals surface area contributed by atoms with Crippen molar-refractivity contribution in [3.63, 3.8) is 0 Å². The summed E-state index contributed by atoms with van der Waals surface area (Å²) in [5.74, 6) is 1.67. The van der Waals surface area contributed by atoms with Gasteiger partial charge < -0.3 is 8.98 Å². The van der Waals surface area contributed by atoms with Crippen molar-refractivity contribution in [1.29, 1.82) is 0 Å². The molecule has 266 valence electrons. The summed E-state index contributed by atoms with van der Waals surface area (Å²) in [5.41, 5.74) is 10.9. The number of rotatable bonds is 5. The van der Waals surface area contributed by atoms with Crippen molar-refractivity contribution in [2.24, 2.45) is 0 Å². The number of para-hydroxylation sites is 5. The predicted octanol–water partition coefficient (Wildman–Crippen LogP) is 13.0. The van der Waals surface area contributed by atoms with E-state index >= 15 is 0 Å². The maximum absolute atomic E-state index is 6.56. The molecule has 12 aromatic rings. The molecule has 0 aliphatic heterocycles. The zero-order valence-corrected chi connectivity index (χ0v) is 30.5. The molecule has 6 heteroatoms. The van der Waals surface area contributed by atoms with Crippen LogP contribution in [0.3, 0.4) is 0 Å². The fraction of sp³-hybridized carbons (Fsp3) is 0. The highest BCUT2D eigenvalue weighted by atomic mass is 16.3. The van der Waals surface area contributed by atoms with Crippen LogP contribution in [0, 0.1) is 0 Å². The number of fused-ring (bicyclic) bond motifs is 9. The second kappa shape index (κ2) is 12.3. The van der Waals surface area contributed by atoms with E-state index in [4.69, 9.17) is 19.4 Å². The molecular formula is C51H31N5O. The molecule has 0 fully saturated rings. The third-order valence-electron chi connectivity index (χ3n) is 11.2. The Morgan fingerprint density at radius 2 is 0.860 bits per heavy atom. The van der Waals surface area contributed by atoms with Crippen LogP contribution in [0.5, 0.6) is 0 Å². The van der Waals surface area contributed by atoms with Crippen LogP contribution in [0.25, 0.3) is 111 Å². The Morgan fingerprint density at radius 3 is 1.49 bits per heavy atom. The average molecular weight is 730 g/mol. The minimum atomic E-state index is 0.542. The van der Waals surface area contributed by atoms with E-state index in [1.165, 1.54) is 10.8 Å². The molecule has 0 aliphatic rings. The standard InChI is InChI=1S/C51H31N5O/c1-2-15-32(16-3-1)41-30-34(31-47-48(41)40-23-8-13-28-46(40)57-47)50-52-49(53-51(54-50)56-44-26-11-6-21-38(44)39-22-7-12-27-45(39)56)33-17-14-18-35(29-33)55-42-24-9-4-19-36(42)37-20-5-10-25-43(37)55/h1-31H. The van der Waals surface area contributed by atoms with E-state index in [1.54, 1.807) is 0 Å². The number of benzene rings is 8. The molecule has 0 amide bonds. The lowest BCUT2D eigenvalue weighted by Gasteiger charge is -2.13. The van der Waals surface area contributed by atoms with Gasteiger partial charge in [-0.1, -0.05) is 133 Å². The first-order valence-corrected chi connectivity index (χ1v) is 19.1. The van der Waals surface area contributed by atoms with Crippen molar-refractivity contribution < 1.29 is 4.42 Å². The first-order chi connectivity index (χ1) is 28.3. The van der Waals surface area contributed by atoms with Gasteiger partial charge in [0.1, 0.15) is 11.2 Å². The van der Waals surface area contributed by atoms with Gasteiger partial charge in [0.2, 0.25) is 5.95 Å². The monoisotopic (exact) mass is 729 g/mol. The molecule has 4 aromatic heterocycles. The van der Waals surface area contributed by atoms with Gasteiger partial charge in [0, 0.05) is 49.1 Å². The van der Waals surface area contributed by atoms with Crippen LogP contribution in [0.1, 0.15) is 0 Å². The fourth-order valence-electron chi connectivity index (χ4n) is 8.67. The van der Waals surface area contributed by atoms with Gasteiger partial charge in [-0.3, -0.25) is 4.57 Å². The van der Waals surface area contributed by atoms with Gasteiger partial charge in [-0.2, -0.15) is 9.97 Å². The lowest BCUT2D eigenvalue weighted by atomic mass is 9.97. The molecule has 12 rings (SSSR count). The quantitative estimate of drug-likeness (QED) is 0.177. The van der Waals surface area contributed by atoms with Crippen molar-refractivity contribution in [2.45, 2.75) is 0 Å². The summed E-state index contributed by atoms with van der Waals surface area (Å²) >= 11 is 0. The Labute approximate surface area is 326 Å². The van der Waals surface area contributed by atoms with Crippen LogP contribution in [0.15, 0.2) is 192 Å². The van der Waals surface area contributed by atoms with Crippen molar-refractivity contribution >= 4 is 65.6 Å². The summed E-state index contributed by atoms with van der Waals surface area (Å²) in [5, 5.41) is 6.84. The van der Waals surface area contributed by atoms with Crippen LogP contribution in [0.2, 0.25) is 0 Å². The molecule has 6 nitrogen and oxygen atoms in total. The zero-order valence-electron chi connectivity index (χ0n) is 30.5. The summed E-state index contributed by atoms with van der Waals surface area (Å²) in [6, 6.07) is 65.5. The maximum atomic E-state index is 6.56. The summed E-state index contributed by atoms with van der Waals surface area (Å²) in [7, 11) is 0. The average Bonchev–Trinajstić information content (AvgIpc) is 3.94. The molecule has 4 heterocycles. The largest absolute Gasteiger partial charge is 0.456 e. The summed E-state index contributed by atoms with van der Waals surface area (Å²) in [6.45, 7) is 0. The van der Waals surface area contributed by atoms with E-state index in [0.29, 0.717) is 17.6 Å². The molecule has 0 unspecified atom stereocenters. The second-order valence-electron chi connectivity index (χ2n) is 14.4. The minimum absolute atomic E-state index is 0.542. The van der Waals surface area contributed by atoms with E-state index in [0.717, 1.165) is 82.7 Å². The first-order valence-electron chi connectivity index (χ1n) is 19.1. The molecular weight excluding hydrogens is 699 g/mol. The Balaban J connectivity index is 1.14. The van der Waals surface area contributed by atoms with Gasteiger partial charge in [0.15, 0.2) is 11.6 Å². The molecule has 0 aliphatic carbocycles. The van der Waals surface area contributed by atoms with Crippen LogP contribution < -0.4 is 0 Å². The van der Waals surface area contributed by atoms with Gasteiger partial charge in [0.05, 0.1) is 22.1 Å². The van der Waals surface area contributed by atoms with Crippen LogP contribution in [-0.2, 0) is 0 Å². The Bertz CT molecular complexity index is 3430. The molecule has 0 saturated heterocycles. The first kappa shape index (κ1) is 31.5. The maximum Gasteiger partial charge on any atom is 0.238 e. The molecule has 57 heavy (non-hydrogen) atoms. The van der Waals surface area contributed by atoms with Gasteiger partial charge in [-0.25, -0.2) is 4.98 Å². The lowest BCUT2D eigenvalue weighted by molar-refractivity contribution is 0.669. The Morgan fingerprint density at radius 1 is 0.351 bits per heavy atom. The summed E-state index contributed by atoms with van der Waals surface area (Å²) in [6.07, 6.45) is 0. The minimum Gasteiger partial charge on any atom is -0.456 e. The predicted molar refractivity (Wildman–Crippen MR) is 232 cm³/mol. The van der Waals surface area contributed by atoms with E-state index in [9.17, 15) is 0 Å². The number of aromatic nitrogens is 5. The van der Waals surface area contributed by atoms with Gasteiger partial charge in [0.25, 0.3) is 0 Å². The number of furan rings is 1.